The van der Waals surface area contributed by atoms with Crippen LogP contribution in [0.25, 0.3) is 0 Å². The number of amides is 1. The molecule has 92 valence electrons. The summed E-state index contributed by atoms with van der Waals surface area (Å²) >= 11 is 0. The van der Waals surface area contributed by atoms with Crippen LogP contribution in [0.2, 0.25) is 0 Å². The molecule has 1 atom stereocenters. The Balaban J connectivity index is 2.67. The Morgan fingerprint density at radius 1 is 1.35 bits per heavy atom. The van der Waals surface area contributed by atoms with Gasteiger partial charge >= 0.3 is 5.97 Å². The summed E-state index contributed by atoms with van der Waals surface area (Å²) < 4.78 is 4.74. The zero-order valence-corrected chi connectivity index (χ0v) is 9.79. The minimum Gasteiger partial charge on any atom is -0.478 e. The van der Waals surface area contributed by atoms with Gasteiger partial charge < -0.3 is 14.7 Å². The summed E-state index contributed by atoms with van der Waals surface area (Å²) in [7, 11) is 2.67. The first kappa shape index (κ1) is 13.2. The van der Waals surface area contributed by atoms with Crippen LogP contribution in [-0.2, 0) is 20.7 Å². The summed E-state index contributed by atoms with van der Waals surface area (Å²) in [5.41, 5.74) is 0.838. The molecule has 1 amide bonds. The summed E-state index contributed by atoms with van der Waals surface area (Å²) in [6.07, 6.45) is -1.09. The lowest BCUT2D eigenvalue weighted by molar-refractivity contribution is -0.166. The highest BCUT2D eigenvalue weighted by Crippen LogP contribution is 2.05. The van der Waals surface area contributed by atoms with Crippen LogP contribution in [0.4, 0.5) is 0 Å². The smallest absolute Gasteiger partial charge is 0.354 e. The number of carbonyl (C=O) groups is 2. The summed E-state index contributed by atoms with van der Waals surface area (Å²) in [5, 5.41) is 8.84. The highest BCUT2D eigenvalue weighted by atomic mass is 16.5. The van der Waals surface area contributed by atoms with Crippen LogP contribution in [0.5, 0.6) is 0 Å². The van der Waals surface area contributed by atoms with E-state index in [0.29, 0.717) is 0 Å². The van der Waals surface area contributed by atoms with E-state index in [0.717, 1.165) is 10.5 Å². The maximum atomic E-state index is 11.8. The summed E-state index contributed by atoms with van der Waals surface area (Å²) in [5.74, 6) is -1.48. The molecule has 0 aromatic heterocycles. The number of hydrogen-bond donors (Lipinski definition) is 1. The van der Waals surface area contributed by atoms with E-state index in [1.807, 2.05) is 30.3 Å². The van der Waals surface area contributed by atoms with Crippen molar-refractivity contribution in [1.29, 1.82) is 0 Å². The van der Waals surface area contributed by atoms with Gasteiger partial charge in [0.2, 0.25) is 12.1 Å². The lowest BCUT2D eigenvalue weighted by Crippen LogP contribution is -2.44. The van der Waals surface area contributed by atoms with Crippen molar-refractivity contribution in [2.75, 3.05) is 14.2 Å². The summed E-state index contributed by atoms with van der Waals surface area (Å²) in [6, 6.07) is 9.14. The fraction of sp³-hybridized carbons (Fsp3) is 0.333. The maximum Gasteiger partial charge on any atom is 0.354 e. The van der Waals surface area contributed by atoms with Crippen LogP contribution < -0.4 is 0 Å². The van der Waals surface area contributed by atoms with Crippen molar-refractivity contribution >= 4 is 11.9 Å². The predicted molar refractivity (Wildman–Crippen MR) is 61.3 cm³/mol. The van der Waals surface area contributed by atoms with Crippen LogP contribution in [0, 0.1) is 0 Å². The zero-order valence-electron chi connectivity index (χ0n) is 9.79. The first-order chi connectivity index (χ1) is 8.06. The summed E-state index contributed by atoms with van der Waals surface area (Å²) in [4.78, 5) is 23.7. The van der Waals surface area contributed by atoms with E-state index in [1.165, 1.54) is 14.2 Å². The second-order valence-corrected chi connectivity index (χ2v) is 3.59. The van der Waals surface area contributed by atoms with Crippen molar-refractivity contribution in [3.05, 3.63) is 35.9 Å². The number of rotatable bonds is 5. The molecule has 0 aliphatic heterocycles. The average Bonchev–Trinajstić information content (AvgIpc) is 2.30. The molecule has 0 aliphatic carbocycles. The molecule has 0 bridgehead atoms. The standard InChI is InChI=1S/C12H15NO4/c1-13(11(17-2)12(15)16)10(14)8-9-6-4-3-5-7-9/h3-7,11H,8H2,1-2H3,(H,15,16)/t11-/m0/s1. The van der Waals surface area contributed by atoms with Crippen molar-refractivity contribution < 1.29 is 19.4 Å². The van der Waals surface area contributed by atoms with E-state index in [1.54, 1.807) is 0 Å². The molecule has 0 spiro atoms. The Hall–Kier alpha value is -1.88. The third-order valence-corrected chi connectivity index (χ3v) is 2.38. The van der Waals surface area contributed by atoms with Crippen LogP contribution in [0.1, 0.15) is 5.56 Å². The molecular formula is C12H15NO4. The monoisotopic (exact) mass is 237 g/mol. The molecule has 5 nitrogen and oxygen atoms in total. The lowest BCUT2D eigenvalue weighted by atomic mass is 10.1. The third kappa shape index (κ3) is 3.57. The molecule has 0 unspecified atom stereocenters. The fourth-order valence-corrected chi connectivity index (χ4v) is 1.45. The normalized spacial score (nSPS) is 11.9. The van der Waals surface area contributed by atoms with Crippen LogP contribution >= 0.6 is 0 Å². The minimum atomic E-state index is -1.24. The van der Waals surface area contributed by atoms with E-state index in [9.17, 15) is 9.59 Å². The van der Waals surface area contributed by atoms with Gasteiger partial charge in [0.05, 0.1) is 6.42 Å². The zero-order chi connectivity index (χ0) is 12.8. The van der Waals surface area contributed by atoms with E-state index in [-0.39, 0.29) is 12.3 Å². The largest absolute Gasteiger partial charge is 0.478 e. The highest BCUT2D eigenvalue weighted by Gasteiger charge is 2.25. The second kappa shape index (κ2) is 6.00. The molecule has 0 saturated heterocycles. The fourth-order valence-electron chi connectivity index (χ4n) is 1.45. The minimum absolute atomic E-state index is 0.157. The topological polar surface area (TPSA) is 66.8 Å². The molecule has 1 aromatic carbocycles. The Bertz CT molecular complexity index is 391. The van der Waals surface area contributed by atoms with E-state index < -0.39 is 12.2 Å². The second-order valence-electron chi connectivity index (χ2n) is 3.59. The van der Waals surface area contributed by atoms with Gasteiger partial charge in [0.1, 0.15) is 0 Å². The van der Waals surface area contributed by atoms with Crippen molar-refractivity contribution in [2.45, 2.75) is 12.6 Å². The number of carbonyl (C=O) groups excluding carboxylic acids is 1. The van der Waals surface area contributed by atoms with Gasteiger partial charge in [-0.25, -0.2) is 4.79 Å². The van der Waals surface area contributed by atoms with Crippen LogP contribution in [-0.4, -0.2) is 42.3 Å². The number of nitrogens with zero attached hydrogens (tertiary/aromatic N) is 1. The molecular weight excluding hydrogens is 222 g/mol. The molecule has 0 radical (unpaired) electrons. The first-order valence-electron chi connectivity index (χ1n) is 5.11. The number of hydrogen-bond acceptors (Lipinski definition) is 3. The van der Waals surface area contributed by atoms with Crippen LogP contribution in [0.15, 0.2) is 30.3 Å². The molecule has 0 aliphatic rings. The predicted octanol–water partition coefficient (Wildman–Crippen LogP) is 0.745. The Morgan fingerprint density at radius 3 is 2.41 bits per heavy atom. The number of methoxy groups -OCH3 is 1. The Morgan fingerprint density at radius 2 is 1.94 bits per heavy atom. The maximum absolute atomic E-state index is 11.8. The Labute approximate surface area is 99.6 Å². The van der Waals surface area contributed by atoms with Crippen molar-refractivity contribution in [3.8, 4) is 0 Å². The molecule has 17 heavy (non-hydrogen) atoms. The highest BCUT2D eigenvalue weighted by molar-refractivity contribution is 5.83. The van der Waals surface area contributed by atoms with E-state index >= 15 is 0 Å². The van der Waals surface area contributed by atoms with Gasteiger partial charge in [0.15, 0.2) is 0 Å². The number of aliphatic carboxylic acids is 1. The first-order valence-corrected chi connectivity index (χ1v) is 5.11. The van der Waals surface area contributed by atoms with Gasteiger partial charge in [-0.1, -0.05) is 30.3 Å². The SMILES string of the molecule is CO[C@@H](C(=O)O)N(C)C(=O)Cc1ccccc1. The molecule has 1 aromatic rings. The van der Waals surface area contributed by atoms with Crippen molar-refractivity contribution in [1.82, 2.24) is 4.90 Å². The van der Waals surface area contributed by atoms with Crippen molar-refractivity contribution in [2.24, 2.45) is 0 Å². The number of carboxylic acid groups (broad SMARTS) is 1. The van der Waals surface area contributed by atoms with Gasteiger partial charge in [-0.2, -0.15) is 0 Å². The molecule has 0 saturated carbocycles. The van der Waals surface area contributed by atoms with E-state index in [4.69, 9.17) is 9.84 Å². The molecule has 1 N–H and O–H groups in total. The molecule has 0 heterocycles. The van der Waals surface area contributed by atoms with E-state index in [2.05, 4.69) is 0 Å². The third-order valence-electron chi connectivity index (χ3n) is 2.38. The molecule has 0 fully saturated rings. The van der Waals surface area contributed by atoms with Gasteiger partial charge in [0, 0.05) is 14.2 Å². The number of benzene rings is 1. The Kier molecular flexibility index (Phi) is 4.66. The lowest BCUT2D eigenvalue weighted by Gasteiger charge is -2.23. The number of carboxylic acids is 1. The molecule has 1 rings (SSSR count). The van der Waals surface area contributed by atoms with Gasteiger partial charge in [-0.15, -0.1) is 0 Å². The molecule has 5 heteroatoms. The quantitative estimate of drug-likeness (QED) is 0.767. The van der Waals surface area contributed by atoms with Gasteiger partial charge in [-0.05, 0) is 5.56 Å². The van der Waals surface area contributed by atoms with Gasteiger partial charge in [-0.3, -0.25) is 4.79 Å². The van der Waals surface area contributed by atoms with Crippen molar-refractivity contribution in [3.63, 3.8) is 0 Å². The number of ether oxygens (including phenoxy) is 1. The van der Waals surface area contributed by atoms with Crippen LogP contribution in [0.3, 0.4) is 0 Å². The number of likely N-dealkylation sites (N-methyl/N-ethyl adjacent to an activating group) is 1. The average molecular weight is 237 g/mol. The van der Waals surface area contributed by atoms with Gasteiger partial charge in [0.25, 0.3) is 0 Å². The summed E-state index contributed by atoms with van der Waals surface area (Å²) in [6.45, 7) is 0.